The van der Waals surface area contributed by atoms with Gasteiger partial charge in [-0.1, -0.05) is 23.2 Å². The fourth-order valence-corrected chi connectivity index (χ4v) is 2.05. The molecule has 2 aromatic rings. The summed E-state index contributed by atoms with van der Waals surface area (Å²) in [6, 6.07) is 7.47. The first kappa shape index (κ1) is 14.5. The number of aryl methyl sites for hydroxylation is 1. The molecule has 0 bridgehead atoms. The molecule has 0 aliphatic heterocycles. The molecule has 2 rings (SSSR count). The Hall–Kier alpha value is -1.91. The van der Waals surface area contributed by atoms with E-state index < -0.39 is 5.91 Å². The van der Waals surface area contributed by atoms with Crippen LogP contribution in [0.1, 0.15) is 15.9 Å². The summed E-state index contributed by atoms with van der Waals surface area (Å²) < 4.78 is 0. The first-order valence-electron chi connectivity index (χ1n) is 5.74. The van der Waals surface area contributed by atoms with Crippen molar-refractivity contribution in [3.8, 4) is 5.75 Å². The highest BCUT2D eigenvalue weighted by Gasteiger charge is 2.14. The highest BCUT2D eigenvalue weighted by atomic mass is 35.5. The van der Waals surface area contributed by atoms with E-state index in [2.05, 4.69) is 5.32 Å². The monoisotopic (exact) mass is 310 g/mol. The predicted molar refractivity (Wildman–Crippen MR) is 81.7 cm³/mol. The van der Waals surface area contributed by atoms with Gasteiger partial charge in [0.15, 0.2) is 0 Å². The number of carbonyl (C=O) groups is 1. The number of rotatable bonds is 2. The maximum absolute atomic E-state index is 12.1. The first-order chi connectivity index (χ1) is 9.38. The summed E-state index contributed by atoms with van der Waals surface area (Å²) in [5, 5.41) is 13.1. The second-order valence-corrected chi connectivity index (χ2v) is 5.15. The Morgan fingerprint density at radius 2 is 1.95 bits per heavy atom. The van der Waals surface area contributed by atoms with E-state index in [1.165, 1.54) is 18.2 Å². The minimum atomic E-state index is -0.478. The van der Waals surface area contributed by atoms with Crippen molar-refractivity contribution in [3.63, 3.8) is 0 Å². The largest absolute Gasteiger partial charge is 0.507 e. The third-order valence-electron chi connectivity index (χ3n) is 2.80. The maximum Gasteiger partial charge on any atom is 0.259 e. The Morgan fingerprint density at radius 1 is 1.25 bits per heavy atom. The molecule has 0 aliphatic rings. The second-order valence-electron chi connectivity index (χ2n) is 4.30. The fourth-order valence-electron chi connectivity index (χ4n) is 1.72. The maximum atomic E-state index is 12.1. The van der Waals surface area contributed by atoms with Gasteiger partial charge in [-0.05, 0) is 42.8 Å². The molecule has 4 nitrogen and oxygen atoms in total. The zero-order valence-electron chi connectivity index (χ0n) is 10.6. The van der Waals surface area contributed by atoms with Gasteiger partial charge in [0.2, 0.25) is 0 Å². The molecule has 6 heteroatoms. The van der Waals surface area contributed by atoms with Crippen molar-refractivity contribution in [2.45, 2.75) is 6.92 Å². The van der Waals surface area contributed by atoms with Gasteiger partial charge in [-0.15, -0.1) is 0 Å². The fraction of sp³-hybridized carbons (Fsp3) is 0.0714. The van der Waals surface area contributed by atoms with Crippen LogP contribution >= 0.6 is 23.2 Å². The quantitative estimate of drug-likeness (QED) is 0.738. The number of benzene rings is 2. The highest BCUT2D eigenvalue weighted by Crippen LogP contribution is 2.28. The average molecular weight is 311 g/mol. The molecule has 0 fully saturated rings. The molecule has 0 radical (unpaired) electrons. The van der Waals surface area contributed by atoms with Crippen LogP contribution in [0.5, 0.6) is 5.75 Å². The van der Waals surface area contributed by atoms with Crippen molar-refractivity contribution in [2.75, 3.05) is 11.1 Å². The van der Waals surface area contributed by atoms with Gasteiger partial charge in [-0.3, -0.25) is 4.79 Å². The second kappa shape index (κ2) is 5.61. The highest BCUT2D eigenvalue weighted by molar-refractivity contribution is 6.33. The molecule has 20 heavy (non-hydrogen) atoms. The minimum Gasteiger partial charge on any atom is -0.507 e. The number of anilines is 2. The number of halogens is 2. The summed E-state index contributed by atoms with van der Waals surface area (Å²) >= 11 is 11.7. The van der Waals surface area contributed by atoms with E-state index in [1.54, 1.807) is 19.1 Å². The standard InChI is InChI=1S/C14H12Cl2N2O2/c1-7-4-11(17)10(16)6-12(7)18-14(20)9-5-8(15)2-3-13(9)19/h2-6,19H,17H2,1H3,(H,18,20). The van der Waals surface area contributed by atoms with Crippen LogP contribution in [0.25, 0.3) is 0 Å². The van der Waals surface area contributed by atoms with Gasteiger partial charge in [0, 0.05) is 10.7 Å². The number of phenolic OH excluding ortho intramolecular Hbond substituents is 1. The van der Waals surface area contributed by atoms with Crippen LogP contribution in [0, 0.1) is 6.92 Å². The molecule has 2 aromatic carbocycles. The molecule has 104 valence electrons. The number of nitrogens with one attached hydrogen (secondary N) is 1. The Morgan fingerprint density at radius 3 is 2.65 bits per heavy atom. The Labute approximate surface area is 126 Å². The number of nitrogen functional groups attached to an aromatic ring is 1. The summed E-state index contributed by atoms with van der Waals surface area (Å²) in [6.45, 7) is 1.79. The molecule has 0 aliphatic carbocycles. The molecule has 0 saturated carbocycles. The van der Waals surface area contributed by atoms with Crippen molar-refractivity contribution < 1.29 is 9.90 Å². The van der Waals surface area contributed by atoms with Crippen LogP contribution < -0.4 is 11.1 Å². The molecule has 4 N–H and O–H groups in total. The van der Waals surface area contributed by atoms with Gasteiger partial charge in [0.1, 0.15) is 5.75 Å². The van der Waals surface area contributed by atoms with Crippen LogP contribution in [0.15, 0.2) is 30.3 Å². The molecular formula is C14H12Cl2N2O2. The number of aromatic hydroxyl groups is 1. The van der Waals surface area contributed by atoms with Crippen LogP contribution in [0.2, 0.25) is 10.0 Å². The van der Waals surface area contributed by atoms with Gasteiger partial charge in [0.25, 0.3) is 5.91 Å². The van der Waals surface area contributed by atoms with E-state index in [0.717, 1.165) is 5.56 Å². The Kier molecular flexibility index (Phi) is 4.06. The lowest BCUT2D eigenvalue weighted by Crippen LogP contribution is -2.13. The van der Waals surface area contributed by atoms with Crippen molar-refractivity contribution in [1.82, 2.24) is 0 Å². The average Bonchev–Trinajstić information content (AvgIpc) is 2.38. The molecule has 0 atom stereocenters. The topological polar surface area (TPSA) is 75.3 Å². The van der Waals surface area contributed by atoms with Crippen molar-refractivity contribution in [3.05, 3.63) is 51.5 Å². The Bertz CT molecular complexity index is 687. The third kappa shape index (κ3) is 2.98. The van der Waals surface area contributed by atoms with Crippen molar-refractivity contribution in [1.29, 1.82) is 0 Å². The number of hydrogen-bond acceptors (Lipinski definition) is 3. The van der Waals surface area contributed by atoms with Gasteiger partial charge in [-0.2, -0.15) is 0 Å². The molecule has 0 spiro atoms. The van der Waals surface area contributed by atoms with E-state index in [1.807, 2.05) is 0 Å². The van der Waals surface area contributed by atoms with Crippen LogP contribution in [0.3, 0.4) is 0 Å². The van der Waals surface area contributed by atoms with Crippen molar-refractivity contribution in [2.24, 2.45) is 0 Å². The number of carbonyl (C=O) groups excluding carboxylic acids is 1. The number of hydrogen-bond donors (Lipinski definition) is 3. The molecule has 0 heterocycles. The van der Waals surface area contributed by atoms with Gasteiger partial charge >= 0.3 is 0 Å². The summed E-state index contributed by atoms with van der Waals surface area (Å²) in [5.74, 6) is -0.625. The lowest BCUT2D eigenvalue weighted by molar-refractivity contribution is 0.102. The Balaban J connectivity index is 2.32. The zero-order chi connectivity index (χ0) is 14.9. The van der Waals surface area contributed by atoms with Crippen LogP contribution in [-0.2, 0) is 0 Å². The van der Waals surface area contributed by atoms with Crippen molar-refractivity contribution >= 4 is 40.5 Å². The van der Waals surface area contributed by atoms with E-state index in [4.69, 9.17) is 28.9 Å². The normalized spacial score (nSPS) is 10.3. The first-order valence-corrected chi connectivity index (χ1v) is 6.49. The van der Waals surface area contributed by atoms with Crippen LogP contribution in [-0.4, -0.2) is 11.0 Å². The lowest BCUT2D eigenvalue weighted by atomic mass is 10.1. The smallest absolute Gasteiger partial charge is 0.259 e. The molecular weight excluding hydrogens is 299 g/mol. The van der Waals surface area contributed by atoms with E-state index in [-0.39, 0.29) is 11.3 Å². The van der Waals surface area contributed by atoms with Gasteiger partial charge < -0.3 is 16.2 Å². The molecule has 0 unspecified atom stereocenters. The lowest BCUT2D eigenvalue weighted by Gasteiger charge is -2.11. The van der Waals surface area contributed by atoms with E-state index in [9.17, 15) is 9.90 Å². The number of amides is 1. The van der Waals surface area contributed by atoms with E-state index in [0.29, 0.717) is 21.4 Å². The molecule has 1 amide bonds. The predicted octanol–water partition coefficient (Wildman–Crippen LogP) is 3.84. The third-order valence-corrected chi connectivity index (χ3v) is 3.36. The molecule has 0 saturated heterocycles. The summed E-state index contributed by atoms with van der Waals surface area (Å²) in [4.78, 5) is 12.1. The van der Waals surface area contributed by atoms with Gasteiger partial charge in [0.05, 0.1) is 16.3 Å². The summed E-state index contributed by atoms with van der Waals surface area (Å²) in [5.41, 5.74) is 7.49. The minimum absolute atomic E-state index is 0.0878. The number of nitrogens with two attached hydrogens (primary N) is 1. The van der Waals surface area contributed by atoms with Crippen LogP contribution in [0.4, 0.5) is 11.4 Å². The summed E-state index contributed by atoms with van der Waals surface area (Å²) in [7, 11) is 0. The molecule has 0 aromatic heterocycles. The SMILES string of the molecule is Cc1cc(N)c(Cl)cc1NC(=O)c1cc(Cl)ccc1O. The summed E-state index contributed by atoms with van der Waals surface area (Å²) in [6.07, 6.45) is 0. The number of phenols is 1. The zero-order valence-corrected chi connectivity index (χ0v) is 12.1. The van der Waals surface area contributed by atoms with E-state index >= 15 is 0 Å². The van der Waals surface area contributed by atoms with Gasteiger partial charge in [-0.25, -0.2) is 0 Å².